The SMILES string of the molecule is COc1cc(/C=C2\SC(=O)NC2=O)cc(Br)c1OC(=O)c1ccccc1. The van der Waals surface area contributed by atoms with E-state index >= 15 is 0 Å². The van der Waals surface area contributed by atoms with Gasteiger partial charge in [-0.1, -0.05) is 18.2 Å². The minimum Gasteiger partial charge on any atom is -0.493 e. The predicted molar refractivity (Wildman–Crippen MR) is 101 cm³/mol. The highest BCUT2D eigenvalue weighted by Gasteiger charge is 2.25. The Balaban J connectivity index is 1.91. The van der Waals surface area contributed by atoms with Crippen LogP contribution in [0, 0.1) is 0 Å². The van der Waals surface area contributed by atoms with Gasteiger partial charge in [0.1, 0.15) is 0 Å². The zero-order valence-corrected chi connectivity index (χ0v) is 15.8. The second kappa shape index (κ2) is 7.76. The highest BCUT2D eigenvalue weighted by atomic mass is 79.9. The number of esters is 1. The van der Waals surface area contributed by atoms with E-state index < -0.39 is 17.1 Å². The summed E-state index contributed by atoms with van der Waals surface area (Å²) in [5.74, 6) is -0.435. The van der Waals surface area contributed by atoms with Gasteiger partial charge in [0.15, 0.2) is 11.5 Å². The molecule has 0 bridgehead atoms. The quantitative estimate of drug-likeness (QED) is 0.445. The predicted octanol–water partition coefficient (Wildman–Crippen LogP) is 4.00. The molecular formula is C18H12BrNO5S. The van der Waals surface area contributed by atoms with Crippen LogP contribution >= 0.6 is 27.7 Å². The van der Waals surface area contributed by atoms with E-state index in [0.29, 0.717) is 21.3 Å². The molecule has 8 heteroatoms. The molecule has 0 radical (unpaired) electrons. The van der Waals surface area contributed by atoms with Gasteiger partial charge in [0.2, 0.25) is 0 Å². The van der Waals surface area contributed by atoms with E-state index in [4.69, 9.17) is 9.47 Å². The summed E-state index contributed by atoms with van der Waals surface area (Å²) >= 11 is 4.18. The molecule has 0 aromatic heterocycles. The van der Waals surface area contributed by atoms with Crippen LogP contribution in [0.2, 0.25) is 0 Å². The number of methoxy groups -OCH3 is 1. The third-order valence-corrected chi connectivity index (χ3v) is 4.80. The molecule has 0 spiro atoms. The van der Waals surface area contributed by atoms with Crippen LogP contribution in [-0.2, 0) is 4.79 Å². The van der Waals surface area contributed by atoms with Crippen molar-refractivity contribution in [2.45, 2.75) is 0 Å². The average Bonchev–Trinajstić information content (AvgIpc) is 2.94. The first-order valence-electron chi connectivity index (χ1n) is 7.37. The maximum Gasteiger partial charge on any atom is 0.343 e. The second-order valence-corrected chi connectivity index (χ2v) is 7.01. The first kappa shape index (κ1) is 18.2. The zero-order valence-electron chi connectivity index (χ0n) is 13.4. The lowest BCUT2D eigenvalue weighted by molar-refractivity contribution is -0.115. The van der Waals surface area contributed by atoms with Gasteiger partial charge in [0.25, 0.3) is 11.1 Å². The van der Waals surface area contributed by atoms with Crippen molar-refractivity contribution >= 4 is 50.9 Å². The number of ether oxygens (including phenoxy) is 2. The molecule has 1 N–H and O–H groups in total. The standard InChI is InChI=1S/C18H12BrNO5S/c1-24-13-8-10(9-14-16(21)20-18(23)26-14)7-12(19)15(13)25-17(22)11-5-3-2-4-6-11/h2-9H,1H3,(H,20,21,23)/b14-9-. The van der Waals surface area contributed by atoms with Crippen molar-refractivity contribution in [1.29, 1.82) is 0 Å². The van der Waals surface area contributed by atoms with Gasteiger partial charge in [-0.15, -0.1) is 0 Å². The number of rotatable bonds is 4. The Hall–Kier alpha value is -2.58. The smallest absolute Gasteiger partial charge is 0.343 e. The molecular weight excluding hydrogens is 422 g/mol. The van der Waals surface area contributed by atoms with E-state index in [1.807, 2.05) is 0 Å². The molecule has 2 aromatic rings. The molecule has 1 saturated heterocycles. The number of amides is 2. The van der Waals surface area contributed by atoms with E-state index in [9.17, 15) is 14.4 Å². The van der Waals surface area contributed by atoms with E-state index in [0.717, 1.165) is 11.8 Å². The van der Waals surface area contributed by atoms with E-state index in [1.54, 1.807) is 48.5 Å². The van der Waals surface area contributed by atoms with Crippen LogP contribution < -0.4 is 14.8 Å². The van der Waals surface area contributed by atoms with Crippen molar-refractivity contribution in [3.63, 3.8) is 0 Å². The van der Waals surface area contributed by atoms with Crippen LogP contribution in [0.25, 0.3) is 6.08 Å². The minimum atomic E-state index is -0.521. The average molecular weight is 434 g/mol. The van der Waals surface area contributed by atoms with E-state index in [-0.39, 0.29) is 10.7 Å². The normalized spacial score (nSPS) is 15.1. The summed E-state index contributed by atoms with van der Waals surface area (Å²) in [6.07, 6.45) is 1.56. The Labute approximate surface area is 161 Å². The zero-order chi connectivity index (χ0) is 18.7. The monoisotopic (exact) mass is 433 g/mol. The molecule has 6 nitrogen and oxygen atoms in total. The number of halogens is 1. The number of benzene rings is 2. The molecule has 2 aromatic carbocycles. The van der Waals surface area contributed by atoms with Crippen molar-refractivity contribution in [3.8, 4) is 11.5 Å². The Morgan fingerprint density at radius 3 is 2.54 bits per heavy atom. The number of carbonyl (C=O) groups is 3. The lowest BCUT2D eigenvalue weighted by Crippen LogP contribution is -2.17. The van der Waals surface area contributed by atoms with Gasteiger partial charge in [-0.05, 0) is 63.6 Å². The van der Waals surface area contributed by atoms with E-state index in [2.05, 4.69) is 21.2 Å². The molecule has 132 valence electrons. The molecule has 1 aliphatic heterocycles. The number of imide groups is 1. The van der Waals surface area contributed by atoms with Gasteiger partial charge in [0, 0.05) is 0 Å². The van der Waals surface area contributed by atoms with Crippen molar-refractivity contribution in [1.82, 2.24) is 5.32 Å². The second-order valence-electron chi connectivity index (χ2n) is 5.14. The molecule has 1 fully saturated rings. The Bertz CT molecular complexity index is 927. The lowest BCUT2D eigenvalue weighted by atomic mass is 10.1. The molecule has 0 unspecified atom stereocenters. The van der Waals surface area contributed by atoms with Crippen molar-refractivity contribution < 1.29 is 23.9 Å². The number of nitrogens with one attached hydrogen (secondary N) is 1. The van der Waals surface area contributed by atoms with Gasteiger partial charge in [-0.2, -0.15) is 0 Å². The van der Waals surface area contributed by atoms with Gasteiger partial charge in [0.05, 0.1) is 22.1 Å². The highest BCUT2D eigenvalue weighted by Crippen LogP contribution is 2.38. The fraction of sp³-hybridized carbons (Fsp3) is 0.0556. The number of carbonyl (C=O) groups excluding carboxylic acids is 3. The van der Waals surface area contributed by atoms with E-state index in [1.165, 1.54) is 7.11 Å². The maximum absolute atomic E-state index is 12.3. The molecule has 1 heterocycles. The first-order valence-corrected chi connectivity index (χ1v) is 8.98. The van der Waals surface area contributed by atoms with Gasteiger partial charge in [-0.3, -0.25) is 14.9 Å². The molecule has 2 amide bonds. The summed E-state index contributed by atoms with van der Waals surface area (Å²) in [6, 6.07) is 11.9. The summed E-state index contributed by atoms with van der Waals surface area (Å²) in [7, 11) is 1.44. The van der Waals surface area contributed by atoms with Crippen LogP contribution in [-0.4, -0.2) is 24.2 Å². The van der Waals surface area contributed by atoms with Crippen molar-refractivity contribution in [2.24, 2.45) is 0 Å². The fourth-order valence-electron chi connectivity index (χ4n) is 2.22. The summed E-state index contributed by atoms with van der Waals surface area (Å²) in [6.45, 7) is 0. The Kier molecular flexibility index (Phi) is 5.43. The minimum absolute atomic E-state index is 0.225. The van der Waals surface area contributed by atoms with Crippen LogP contribution in [0.3, 0.4) is 0 Å². The Morgan fingerprint density at radius 2 is 1.92 bits per heavy atom. The van der Waals surface area contributed by atoms with Crippen molar-refractivity contribution in [2.75, 3.05) is 7.11 Å². The summed E-state index contributed by atoms with van der Waals surface area (Å²) in [4.78, 5) is 35.5. The number of hydrogen-bond donors (Lipinski definition) is 1. The molecule has 0 saturated carbocycles. The van der Waals surface area contributed by atoms with Crippen LogP contribution in [0.15, 0.2) is 51.8 Å². The number of hydrogen-bond acceptors (Lipinski definition) is 6. The molecule has 26 heavy (non-hydrogen) atoms. The molecule has 1 aliphatic rings. The van der Waals surface area contributed by atoms with Gasteiger partial charge in [-0.25, -0.2) is 4.79 Å². The highest BCUT2D eigenvalue weighted by molar-refractivity contribution is 9.10. The first-order chi connectivity index (χ1) is 12.5. The largest absolute Gasteiger partial charge is 0.493 e. The van der Waals surface area contributed by atoms with Crippen molar-refractivity contribution in [3.05, 3.63) is 63.0 Å². The third-order valence-electron chi connectivity index (χ3n) is 3.40. The van der Waals surface area contributed by atoms with Crippen LogP contribution in [0.4, 0.5) is 4.79 Å². The molecule has 3 rings (SSSR count). The fourth-order valence-corrected chi connectivity index (χ4v) is 3.44. The summed E-state index contributed by atoms with van der Waals surface area (Å²) in [5, 5.41) is 1.77. The summed E-state index contributed by atoms with van der Waals surface area (Å²) < 4.78 is 11.2. The van der Waals surface area contributed by atoms with Crippen LogP contribution in [0.5, 0.6) is 11.5 Å². The Morgan fingerprint density at radius 1 is 1.19 bits per heavy atom. The molecule has 0 atom stereocenters. The van der Waals surface area contributed by atoms with Crippen LogP contribution in [0.1, 0.15) is 15.9 Å². The van der Waals surface area contributed by atoms with Gasteiger partial charge >= 0.3 is 5.97 Å². The molecule has 0 aliphatic carbocycles. The maximum atomic E-state index is 12.3. The summed E-state index contributed by atoms with van der Waals surface area (Å²) in [5.41, 5.74) is 1.02. The lowest BCUT2D eigenvalue weighted by Gasteiger charge is -2.12. The third kappa shape index (κ3) is 3.97. The number of thioether (sulfide) groups is 1. The topological polar surface area (TPSA) is 81.7 Å². The van der Waals surface area contributed by atoms with Gasteiger partial charge < -0.3 is 9.47 Å².